The lowest BCUT2D eigenvalue weighted by atomic mass is 10.1. The van der Waals surface area contributed by atoms with Crippen LogP contribution in [0.5, 0.6) is 0 Å². The smallest absolute Gasteiger partial charge is 0.294 e. The first-order valence-electron chi connectivity index (χ1n) is 11.9. The maximum atomic E-state index is 12.7. The van der Waals surface area contributed by atoms with Gasteiger partial charge in [-0.1, -0.05) is 45.1 Å². The maximum Gasteiger partial charge on any atom is 0.294 e. The summed E-state index contributed by atoms with van der Waals surface area (Å²) in [5.74, 6) is -0.310. The van der Waals surface area contributed by atoms with Crippen LogP contribution >= 0.6 is 0 Å². The van der Waals surface area contributed by atoms with Gasteiger partial charge in [-0.2, -0.15) is 18.5 Å². The molecule has 8 nitrogen and oxygen atoms in total. The van der Waals surface area contributed by atoms with E-state index in [2.05, 4.69) is 30.8 Å². The van der Waals surface area contributed by atoms with E-state index in [9.17, 15) is 13.2 Å². The Kier molecular flexibility index (Phi) is 10.6. The van der Waals surface area contributed by atoms with Crippen LogP contribution in [0, 0.1) is 0 Å². The fraction of sp³-hybridized carbons (Fsp3) is 0.333. The third kappa shape index (κ3) is 7.87. The molecule has 1 N–H and O–H groups in total. The summed E-state index contributed by atoms with van der Waals surface area (Å²) < 4.78 is 31.4. The minimum absolute atomic E-state index is 0.243. The summed E-state index contributed by atoms with van der Waals surface area (Å²) in [5.41, 5.74) is 3.52. The van der Waals surface area contributed by atoms with E-state index >= 15 is 0 Å². The van der Waals surface area contributed by atoms with Crippen LogP contribution < -0.4 is 9.91 Å². The van der Waals surface area contributed by atoms with Gasteiger partial charge in [-0.05, 0) is 74.6 Å². The molecule has 0 radical (unpaired) electrons. The van der Waals surface area contributed by atoms with Crippen LogP contribution in [0.4, 0.5) is 11.4 Å². The van der Waals surface area contributed by atoms with Gasteiger partial charge in [0.05, 0.1) is 21.9 Å². The Bertz CT molecular complexity index is 1210. The Morgan fingerprint density at radius 2 is 1.50 bits per heavy atom. The van der Waals surface area contributed by atoms with Crippen LogP contribution in [0.2, 0.25) is 0 Å². The molecule has 0 unspecified atom stereocenters. The van der Waals surface area contributed by atoms with Gasteiger partial charge in [-0.25, -0.2) is 0 Å². The van der Waals surface area contributed by atoms with E-state index in [1.54, 1.807) is 19.1 Å². The Labute approximate surface area is 215 Å². The summed E-state index contributed by atoms with van der Waals surface area (Å²) in [5, 5.41) is 5.45. The van der Waals surface area contributed by atoms with E-state index in [0.29, 0.717) is 17.0 Å². The summed E-state index contributed by atoms with van der Waals surface area (Å²) in [6, 6.07) is 13.3. The van der Waals surface area contributed by atoms with Crippen molar-refractivity contribution >= 4 is 39.2 Å². The molecule has 1 aliphatic rings. The summed E-state index contributed by atoms with van der Waals surface area (Å²) in [6.07, 6.45) is 5.39. The molecule has 36 heavy (non-hydrogen) atoms. The van der Waals surface area contributed by atoms with Crippen LogP contribution in [-0.2, 0) is 14.9 Å². The van der Waals surface area contributed by atoms with Crippen molar-refractivity contribution in [3.8, 4) is 0 Å². The van der Waals surface area contributed by atoms with E-state index in [1.807, 2.05) is 49.3 Å². The number of nitrogens with zero attached hydrogens (tertiary/aromatic N) is 4. The summed E-state index contributed by atoms with van der Waals surface area (Å²) in [4.78, 5) is 16.8. The number of amides is 1. The van der Waals surface area contributed by atoms with Gasteiger partial charge in [-0.15, -0.1) is 0 Å². The van der Waals surface area contributed by atoms with Crippen LogP contribution in [0.3, 0.4) is 0 Å². The third-order valence-corrected chi connectivity index (χ3v) is 6.61. The fourth-order valence-electron chi connectivity index (χ4n) is 3.45. The van der Waals surface area contributed by atoms with E-state index in [1.165, 1.54) is 48.9 Å². The summed E-state index contributed by atoms with van der Waals surface area (Å²) in [7, 11) is -0.332. The summed E-state index contributed by atoms with van der Waals surface area (Å²) in [6.45, 7) is 11.9. The standard InChI is InChI=1S/C21H21N3O4S.C6H15N/c1-15-20(6-4-5-16-7-9-17(10-8-16)23(2)3)21(25)24(22-15)18-11-13-19(14-12-18)29(26,27)28;1-4-7(5-2)6-3/h4-14H,1-3H3,(H,26,27,28);4-6H2,1-3H3. The number of allylic oxidation sites excluding steroid dienone is 2. The molecule has 2 aromatic rings. The number of hydrogen-bond donors (Lipinski definition) is 1. The second-order valence-electron chi connectivity index (χ2n) is 8.32. The van der Waals surface area contributed by atoms with Gasteiger partial charge >= 0.3 is 0 Å². The van der Waals surface area contributed by atoms with E-state index < -0.39 is 10.1 Å². The zero-order valence-corrected chi connectivity index (χ0v) is 22.7. The highest BCUT2D eigenvalue weighted by atomic mass is 32.2. The van der Waals surface area contributed by atoms with Crippen molar-refractivity contribution in [2.75, 3.05) is 43.6 Å². The molecule has 0 aliphatic carbocycles. The highest BCUT2D eigenvalue weighted by Crippen LogP contribution is 2.25. The second kappa shape index (κ2) is 13.2. The van der Waals surface area contributed by atoms with Crippen LogP contribution in [0.15, 0.2) is 76.3 Å². The van der Waals surface area contributed by atoms with Crippen molar-refractivity contribution < 1.29 is 17.8 Å². The zero-order valence-electron chi connectivity index (χ0n) is 21.8. The molecule has 0 saturated carbocycles. The second-order valence-corrected chi connectivity index (χ2v) is 9.74. The molecule has 3 rings (SSSR count). The molecule has 1 amide bonds. The van der Waals surface area contributed by atoms with E-state index in [-0.39, 0.29) is 10.8 Å². The van der Waals surface area contributed by atoms with Gasteiger partial charge in [0.15, 0.2) is 0 Å². The van der Waals surface area contributed by atoms with Crippen LogP contribution in [0.25, 0.3) is 6.08 Å². The van der Waals surface area contributed by atoms with Gasteiger partial charge < -0.3 is 9.80 Å². The molecular formula is C27H36N4O4S. The molecule has 1 heterocycles. The molecule has 0 fully saturated rings. The number of benzene rings is 2. The monoisotopic (exact) mass is 512 g/mol. The molecule has 2 aromatic carbocycles. The van der Waals surface area contributed by atoms with Gasteiger partial charge in [0, 0.05) is 19.8 Å². The van der Waals surface area contributed by atoms with Crippen molar-refractivity contribution in [3.05, 3.63) is 71.8 Å². The molecule has 1 aliphatic heterocycles. The molecule has 194 valence electrons. The van der Waals surface area contributed by atoms with Crippen LogP contribution in [0.1, 0.15) is 33.3 Å². The maximum absolute atomic E-state index is 12.7. The molecule has 0 atom stereocenters. The number of rotatable bonds is 8. The highest BCUT2D eigenvalue weighted by Gasteiger charge is 2.28. The Hall–Kier alpha value is -3.27. The van der Waals surface area contributed by atoms with E-state index in [0.717, 1.165) is 11.3 Å². The topological polar surface area (TPSA) is 93.5 Å². The van der Waals surface area contributed by atoms with Crippen molar-refractivity contribution in [2.24, 2.45) is 5.10 Å². The largest absolute Gasteiger partial charge is 0.378 e. The van der Waals surface area contributed by atoms with Crippen molar-refractivity contribution in [2.45, 2.75) is 32.6 Å². The third-order valence-electron chi connectivity index (χ3n) is 5.74. The number of hydrogen-bond acceptors (Lipinski definition) is 6. The molecule has 0 spiro atoms. The lowest BCUT2D eigenvalue weighted by Gasteiger charge is -2.13. The Morgan fingerprint density at radius 1 is 0.944 bits per heavy atom. The first-order chi connectivity index (χ1) is 17.0. The quantitative estimate of drug-likeness (QED) is 0.407. The average Bonchev–Trinajstić information content (AvgIpc) is 3.14. The predicted molar refractivity (Wildman–Crippen MR) is 148 cm³/mol. The molecule has 0 aromatic heterocycles. The predicted octanol–water partition coefficient (Wildman–Crippen LogP) is 4.71. The van der Waals surface area contributed by atoms with Crippen molar-refractivity contribution in [1.29, 1.82) is 0 Å². The number of carbonyl (C=O) groups excluding carboxylic acids is 1. The number of anilines is 2. The fourth-order valence-corrected chi connectivity index (χ4v) is 3.93. The Balaban J connectivity index is 0.000000572. The van der Waals surface area contributed by atoms with Gasteiger partial charge in [0.2, 0.25) is 0 Å². The normalized spacial score (nSPS) is 14.9. The minimum atomic E-state index is -4.29. The lowest BCUT2D eigenvalue weighted by molar-refractivity contribution is -0.114. The lowest BCUT2D eigenvalue weighted by Crippen LogP contribution is -2.21. The molecular weight excluding hydrogens is 476 g/mol. The highest BCUT2D eigenvalue weighted by molar-refractivity contribution is 7.85. The van der Waals surface area contributed by atoms with Gasteiger partial charge in [-0.3, -0.25) is 9.35 Å². The number of carbonyl (C=O) groups is 1. The molecule has 9 heteroatoms. The van der Waals surface area contributed by atoms with E-state index in [4.69, 9.17) is 4.55 Å². The zero-order chi connectivity index (χ0) is 26.9. The van der Waals surface area contributed by atoms with Gasteiger partial charge in [0.25, 0.3) is 16.0 Å². The molecule has 0 bridgehead atoms. The average molecular weight is 513 g/mol. The van der Waals surface area contributed by atoms with Crippen molar-refractivity contribution in [3.63, 3.8) is 0 Å². The van der Waals surface area contributed by atoms with Gasteiger partial charge in [0.1, 0.15) is 0 Å². The van der Waals surface area contributed by atoms with Crippen molar-refractivity contribution in [1.82, 2.24) is 4.90 Å². The SMILES string of the molecule is CC1=NN(c2ccc(S(=O)(=O)O)cc2)C(=O)C1=CC=Cc1ccc(N(C)C)cc1.CCN(CC)CC. The molecule has 0 saturated heterocycles. The summed E-state index contributed by atoms with van der Waals surface area (Å²) >= 11 is 0. The van der Waals surface area contributed by atoms with Crippen LogP contribution in [-0.4, -0.2) is 63.2 Å². The first-order valence-corrected chi connectivity index (χ1v) is 13.3. The Morgan fingerprint density at radius 3 is 1.94 bits per heavy atom. The number of hydrazone groups is 1. The first kappa shape index (κ1) is 29.0. The minimum Gasteiger partial charge on any atom is -0.378 e.